The van der Waals surface area contributed by atoms with E-state index in [1.165, 1.54) is 12.1 Å². The molecule has 0 radical (unpaired) electrons. The third-order valence-corrected chi connectivity index (χ3v) is 1.37. The van der Waals surface area contributed by atoms with Crippen LogP contribution in [-0.4, -0.2) is 33.2 Å². The van der Waals surface area contributed by atoms with Gasteiger partial charge < -0.3 is 26.0 Å². The van der Waals surface area contributed by atoms with Gasteiger partial charge in [-0.15, -0.1) is 0 Å². The number of rotatable bonds is 2. The molecule has 12 heavy (non-hydrogen) atoms. The van der Waals surface area contributed by atoms with Crippen LogP contribution in [0.5, 0.6) is 0 Å². The Morgan fingerprint density at radius 1 is 1.50 bits per heavy atom. The number of H-pyrrole nitrogens is 1. The highest BCUT2D eigenvalue weighted by molar-refractivity contribution is 6.57. The Kier molecular flexibility index (Phi) is 2.36. The molecule has 0 atom stereocenters. The third kappa shape index (κ3) is 1.58. The van der Waals surface area contributed by atoms with Crippen molar-refractivity contribution in [1.82, 2.24) is 4.98 Å². The summed E-state index contributed by atoms with van der Waals surface area (Å²) in [6.45, 7) is 0. The van der Waals surface area contributed by atoms with Crippen LogP contribution in [0.1, 0.15) is 5.69 Å². The minimum absolute atomic E-state index is 0.109. The SMILES string of the molecule is N/C(=N\O)c1ccc(B(O)O)[nH]1. The molecular formula is C5H8BN3O3. The first-order valence-electron chi connectivity index (χ1n) is 3.18. The quantitative estimate of drug-likeness (QED) is 0.113. The zero-order valence-electron chi connectivity index (χ0n) is 6.10. The third-order valence-electron chi connectivity index (χ3n) is 1.37. The Bertz CT molecular complexity index is 296. The molecule has 6 N–H and O–H groups in total. The molecule has 0 amide bonds. The first kappa shape index (κ1) is 8.63. The van der Waals surface area contributed by atoms with Gasteiger partial charge in [0.05, 0.1) is 5.69 Å². The van der Waals surface area contributed by atoms with E-state index in [1.54, 1.807) is 0 Å². The van der Waals surface area contributed by atoms with E-state index in [-0.39, 0.29) is 11.4 Å². The van der Waals surface area contributed by atoms with Crippen LogP contribution in [0.2, 0.25) is 0 Å². The van der Waals surface area contributed by atoms with E-state index < -0.39 is 7.12 Å². The monoisotopic (exact) mass is 169 g/mol. The molecule has 0 fully saturated rings. The van der Waals surface area contributed by atoms with E-state index >= 15 is 0 Å². The zero-order chi connectivity index (χ0) is 9.14. The number of nitrogens with two attached hydrogens (primary N) is 1. The molecule has 0 saturated heterocycles. The highest BCUT2D eigenvalue weighted by atomic mass is 16.4. The van der Waals surface area contributed by atoms with E-state index in [2.05, 4.69) is 10.1 Å². The van der Waals surface area contributed by atoms with E-state index in [1.807, 2.05) is 0 Å². The van der Waals surface area contributed by atoms with Crippen molar-refractivity contribution in [3.05, 3.63) is 17.8 Å². The van der Waals surface area contributed by atoms with E-state index in [4.69, 9.17) is 21.0 Å². The highest BCUT2D eigenvalue weighted by Gasteiger charge is 2.13. The highest BCUT2D eigenvalue weighted by Crippen LogP contribution is 1.91. The lowest BCUT2D eigenvalue weighted by molar-refractivity contribution is 0.318. The molecule has 0 unspecified atom stereocenters. The normalized spacial score (nSPS) is 11.7. The van der Waals surface area contributed by atoms with Crippen molar-refractivity contribution >= 4 is 18.5 Å². The number of oxime groups is 1. The number of amidine groups is 1. The molecule has 1 heterocycles. The van der Waals surface area contributed by atoms with Crippen LogP contribution in [0.25, 0.3) is 0 Å². The van der Waals surface area contributed by atoms with Gasteiger partial charge in [-0.1, -0.05) is 5.16 Å². The van der Waals surface area contributed by atoms with Crippen molar-refractivity contribution < 1.29 is 15.3 Å². The number of nitrogens with one attached hydrogen (secondary N) is 1. The molecule has 0 aliphatic carbocycles. The Morgan fingerprint density at radius 2 is 2.17 bits per heavy atom. The molecule has 0 bridgehead atoms. The average Bonchev–Trinajstić information content (AvgIpc) is 2.51. The smallest absolute Gasteiger partial charge is 0.422 e. The van der Waals surface area contributed by atoms with Crippen molar-refractivity contribution in [1.29, 1.82) is 0 Å². The molecule has 0 spiro atoms. The summed E-state index contributed by atoms with van der Waals surface area (Å²) in [4.78, 5) is 2.55. The van der Waals surface area contributed by atoms with Gasteiger partial charge in [0, 0.05) is 5.59 Å². The Labute approximate surface area is 68.5 Å². The van der Waals surface area contributed by atoms with Crippen molar-refractivity contribution in [3.63, 3.8) is 0 Å². The number of aromatic nitrogens is 1. The molecule has 6 nitrogen and oxygen atoms in total. The number of nitrogens with zero attached hydrogens (tertiary/aromatic N) is 1. The molecular weight excluding hydrogens is 161 g/mol. The lowest BCUT2D eigenvalue weighted by Gasteiger charge is -1.94. The van der Waals surface area contributed by atoms with E-state index in [0.717, 1.165) is 0 Å². The molecule has 0 aromatic carbocycles. The van der Waals surface area contributed by atoms with Gasteiger partial charge in [0.25, 0.3) is 0 Å². The Hall–Kier alpha value is -1.47. The maximum Gasteiger partial charge on any atom is 0.505 e. The van der Waals surface area contributed by atoms with Crippen molar-refractivity contribution in [2.45, 2.75) is 0 Å². The summed E-state index contributed by atoms with van der Waals surface area (Å²) >= 11 is 0. The van der Waals surface area contributed by atoms with Gasteiger partial charge in [0.15, 0.2) is 5.84 Å². The number of aromatic amines is 1. The standard InChI is InChI=1S/C5H8BN3O3/c7-5(9-12)3-1-2-4(8-3)6(10)11/h1-2,8,10-12H,(H2,7,9). The van der Waals surface area contributed by atoms with Crippen molar-refractivity contribution in [2.75, 3.05) is 0 Å². The van der Waals surface area contributed by atoms with Crippen LogP contribution >= 0.6 is 0 Å². The second kappa shape index (κ2) is 3.29. The van der Waals surface area contributed by atoms with Gasteiger partial charge in [0.1, 0.15) is 0 Å². The lowest BCUT2D eigenvalue weighted by Crippen LogP contribution is -2.31. The molecule has 0 aliphatic rings. The van der Waals surface area contributed by atoms with E-state index in [0.29, 0.717) is 5.69 Å². The largest absolute Gasteiger partial charge is 0.505 e. The van der Waals surface area contributed by atoms with Crippen molar-refractivity contribution in [3.8, 4) is 0 Å². The first-order valence-corrected chi connectivity index (χ1v) is 3.18. The maximum atomic E-state index is 8.67. The fourth-order valence-corrected chi connectivity index (χ4v) is 0.766. The molecule has 1 aromatic heterocycles. The fraction of sp³-hybridized carbons (Fsp3) is 0. The second-order valence-electron chi connectivity index (χ2n) is 2.19. The predicted molar refractivity (Wildman–Crippen MR) is 43.1 cm³/mol. The fourth-order valence-electron chi connectivity index (χ4n) is 0.766. The van der Waals surface area contributed by atoms with Gasteiger partial charge in [0.2, 0.25) is 0 Å². The van der Waals surface area contributed by atoms with E-state index in [9.17, 15) is 0 Å². The lowest BCUT2D eigenvalue weighted by atomic mass is 9.87. The molecule has 0 saturated carbocycles. The van der Waals surface area contributed by atoms with Crippen LogP contribution in [0, 0.1) is 0 Å². The minimum atomic E-state index is -1.58. The van der Waals surface area contributed by atoms with Crippen molar-refractivity contribution in [2.24, 2.45) is 10.9 Å². The van der Waals surface area contributed by atoms with Gasteiger partial charge >= 0.3 is 7.12 Å². The zero-order valence-corrected chi connectivity index (χ0v) is 6.10. The molecule has 0 aliphatic heterocycles. The van der Waals surface area contributed by atoms with Crippen LogP contribution in [-0.2, 0) is 0 Å². The maximum absolute atomic E-state index is 8.67. The van der Waals surface area contributed by atoms with Gasteiger partial charge in [-0.2, -0.15) is 0 Å². The Balaban J connectivity index is 2.92. The van der Waals surface area contributed by atoms with Gasteiger partial charge in [-0.3, -0.25) is 0 Å². The number of hydrogen-bond donors (Lipinski definition) is 5. The van der Waals surface area contributed by atoms with Gasteiger partial charge in [-0.25, -0.2) is 0 Å². The summed E-state index contributed by atoms with van der Waals surface area (Å²) in [5.41, 5.74) is 5.74. The van der Waals surface area contributed by atoms with Crippen LogP contribution in [0.15, 0.2) is 17.3 Å². The summed E-state index contributed by atoms with van der Waals surface area (Å²) in [6.07, 6.45) is 0. The molecule has 7 heteroatoms. The van der Waals surface area contributed by atoms with Gasteiger partial charge in [-0.05, 0) is 12.1 Å². The molecule has 64 valence electrons. The summed E-state index contributed by atoms with van der Waals surface area (Å²) in [6, 6.07) is 2.90. The van der Waals surface area contributed by atoms with Crippen LogP contribution in [0.4, 0.5) is 0 Å². The predicted octanol–water partition coefficient (Wildman–Crippen LogP) is -2.21. The summed E-state index contributed by atoms with van der Waals surface area (Å²) in [5, 5.41) is 28.3. The minimum Gasteiger partial charge on any atom is -0.422 e. The molecule has 1 aromatic rings. The number of hydrogen-bond acceptors (Lipinski definition) is 4. The topological polar surface area (TPSA) is 115 Å². The molecule has 1 rings (SSSR count). The first-order chi connectivity index (χ1) is 5.65. The summed E-state index contributed by atoms with van der Waals surface area (Å²) < 4.78 is 0. The average molecular weight is 169 g/mol. The summed E-state index contributed by atoms with van der Waals surface area (Å²) in [7, 11) is -1.58. The van der Waals surface area contributed by atoms with Crippen LogP contribution < -0.4 is 11.3 Å². The van der Waals surface area contributed by atoms with Crippen LogP contribution in [0.3, 0.4) is 0 Å². The summed E-state index contributed by atoms with van der Waals surface area (Å²) in [5.74, 6) is -0.109. The second-order valence-corrected chi connectivity index (χ2v) is 2.19. The Morgan fingerprint density at radius 3 is 2.58 bits per heavy atom.